The number of rotatable bonds is 5. The van der Waals surface area contributed by atoms with Gasteiger partial charge in [-0.3, -0.25) is 9.59 Å². The van der Waals surface area contributed by atoms with Gasteiger partial charge >= 0.3 is 5.97 Å². The van der Waals surface area contributed by atoms with Crippen LogP contribution >= 0.6 is 0 Å². The van der Waals surface area contributed by atoms with E-state index in [1.807, 2.05) is 31.2 Å². The van der Waals surface area contributed by atoms with E-state index < -0.39 is 11.9 Å². The largest absolute Gasteiger partial charge is 0.481 e. The lowest BCUT2D eigenvalue weighted by Gasteiger charge is -2.06. The molecule has 0 bridgehead atoms. The predicted octanol–water partition coefficient (Wildman–Crippen LogP) is 1.85. The summed E-state index contributed by atoms with van der Waals surface area (Å²) >= 11 is 0. The zero-order chi connectivity index (χ0) is 13.5. The van der Waals surface area contributed by atoms with Crippen molar-refractivity contribution in [1.82, 2.24) is 5.32 Å². The monoisotopic (exact) mass is 247 g/mol. The molecular weight excluding hydrogens is 230 g/mol. The average Bonchev–Trinajstić information content (AvgIpc) is 2.34. The maximum absolute atomic E-state index is 11.5. The third-order valence-electron chi connectivity index (χ3n) is 2.61. The van der Waals surface area contributed by atoms with Crippen molar-refractivity contribution in [1.29, 1.82) is 0 Å². The second-order valence-corrected chi connectivity index (χ2v) is 4.17. The van der Waals surface area contributed by atoms with Gasteiger partial charge in [-0.05, 0) is 24.1 Å². The number of nitrogens with one attached hydrogen (secondary N) is 1. The van der Waals surface area contributed by atoms with Crippen LogP contribution in [0.2, 0.25) is 0 Å². The van der Waals surface area contributed by atoms with E-state index in [0.717, 1.165) is 11.1 Å². The Labute approximate surface area is 106 Å². The van der Waals surface area contributed by atoms with Gasteiger partial charge in [0.25, 0.3) is 0 Å². The molecule has 0 fully saturated rings. The van der Waals surface area contributed by atoms with Crippen LogP contribution in [0.3, 0.4) is 0 Å². The number of aliphatic carboxylic acids is 1. The molecule has 2 N–H and O–H groups in total. The second kappa shape index (κ2) is 6.59. The molecule has 4 nitrogen and oxygen atoms in total. The van der Waals surface area contributed by atoms with Gasteiger partial charge in [0.15, 0.2) is 0 Å². The third-order valence-corrected chi connectivity index (χ3v) is 2.61. The van der Waals surface area contributed by atoms with Crippen molar-refractivity contribution in [3.8, 4) is 0 Å². The summed E-state index contributed by atoms with van der Waals surface area (Å²) in [4.78, 5) is 22.0. The Bertz CT molecular complexity index is 466. The van der Waals surface area contributed by atoms with E-state index in [0.29, 0.717) is 0 Å². The van der Waals surface area contributed by atoms with E-state index in [1.165, 1.54) is 6.08 Å². The molecule has 0 heterocycles. The maximum Gasteiger partial charge on any atom is 0.308 e. The molecule has 4 heteroatoms. The van der Waals surface area contributed by atoms with Crippen LogP contribution in [0.5, 0.6) is 0 Å². The number of amides is 1. The van der Waals surface area contributed by atoms with Gasteiger partial charge in [-0.2, -0.15) is 0 Å². The molecule has 1 atom stereocenters. The van der Waals surface area contributed by atoms with Gasteiger partial charge in [-0.1, -0.05) is 31.2 Å². The lowest BCUT2D eigenvalue weighted by atomic mass is 10.1. The van der Waals surface area contributed by atoms with Crippen molar-refractivity contribution in [3.63, 3.8) is 0 Å². The highest BCUT2D eigenvalue weighted by atomic mass is 16.4. The summed E-state index contributed by atoms with van der Waals surface area (Å²) in [6.45, 7) is 3.64. The van der Waals surface area contributed by atoms with Gasteiger partial charge in [0, 0.05) is 12.6 Å². The Morgan fingerprint density at radius 2 is 2.06 bits per heavy atom. The Kier molecular flexibility index (Phi) is 5.11. The second-order valence-electron chi connectivity index (χ2n) is 4.17. The van der Waals surface area contributed by atoms with Crippen LogP contribution in [0, 0.1) is 12.8 Å². The minimum Gasteiger partial charge on any atom is -0.481 e. The molecular formula is C14H17NO3. The number of carbonyl (C=O) groups is 2. The van der Waals surface area contributed by atoms with Crippen molar-refractivity contribution < 1.29 is 14.7 Å². The third kappa shape index (κ3) is 4.41. The van der Waals surface area contributed by atoms with E-state index in [2.05, 4.69) is 5.32 Å². The number of hydrogen-bond donors (Lipinski definition) is 2. The summed E-state index contributed by atoms with van der Waals surface area (Å²) in [5, 5.41) is 11.2. The van der Waals surface area contributed by atoms with Crippen LogP contribution in [0.1, 0.15) is 18.1 Å². The molecule has 0 aliphatic carbocycles. The van der Waals surface area contributed by atoms with Crippen molar-refractivity contribution in [3.05, 3.63) is 41.5 Å². The Hall–Kier alpha value is -2.10. The fraction of sp³-hybridized carbons (Fsp3) is 0.286. The highest BCUT2D eigenvalue weighted by Gasteiger charge is 2.10. The fourth-order valence-electron chi connectivity index (χ4n) is 1.34. The number of carboxylic acids is 1. The number of aryl methyl sites for hydroxylation is 1. The SMILES string of the molecule is Cc1ccccc1/C=C/C(=O)NCC(C)C(=O)O. The van der Waals surface area contributed by atoms with Gasteiger partial charge in [-0.25, -0.2) is 0 Å². The normalized spacial score (nSPS) is 12.3. The van der Waals surface area contributed by atoms with Crippen LogP contribution in [0.15, 0.2) is 30.3 Å². The molecule has 0 aromatic heterocycles. The molecule has 96 valence electrons. The minimum atomic E-state index is -0.918. The number of hydrogen-bond acceptors (Lipinski definition) is 2. The summed E-state index contributed by atoms with van der Waals surface area (Å²) in [5.41, 5.74) is 2.05. The van der Waals surface area contributed by atoms with Crippen molar-refractivity contribution in [2.24, 2.45) is 5.92 Å². The molecule has 0 radical (unpaired) electrons. The molecule has 1 aromatic carbocycles. The lowest BCUT2D eigenvalue weighted by Crippen LogP contribution is -2.30. The van der Waals surface area contributed by atoms with E-state index in [1.54, 1.807) is 13.0 Å². The van der Waals surface area contributed by atoms with Crippen LogP contribution in [0.4, 0.5) is 0 Å². The standard InChI is InChI=1S/C14H17NO3/c1-10-5-3-4-6-12(10)7-8-13(16)15-9-11(2)14(17)18/h3-8,11H,9H2,1-2H3,(H,15,16)(H,17,18)/b8-7+. The quantitative estimate of drug-likeness (QED) is 0.780. The van der Waals surface area contributed by atoms with Crippen molar-refractivity contribution in [2.75, 3.05) is 6.54 Å². The summed E-state index contributed by atoms with van der Waals surface area (Å²) < 4.78 is 0. The van der Waals surface area contributed by atoms with E-state index in [-0.39, 0.29) is 12.5 Å². The van der Waals surface area contributed by atoms with Crippen LogP contribution in [0.25, 0.3) is 6.08 Å². The Morgan fingerprint density at radius 3 is 2.67 bits per heavy atom. The van der Waals surface area contributed by atoms with Crippen LogP contribution < -0.4 is 5.32 Å². The number of benzene rings is 1. The zero-order valence-electron chi connectivity index (χ0n) is 10.5. The van der Waals surface area contributed by atoms with Gasteiger partial charge < -0.3 is 10.4 Å². The molecule has 0 aliphatic heterocycles. The molecule has 0 saturated carbocycles. The molecule has 0 saturated heterocycles. The first-order chi connectivity index (χ1) is 8.50. The Balaban J connectivity index is 2.50. The first-order valence-electron chi connectivity index (χ1n) is 5.75. The number of carbonyl (C=O) groups excluding carboxylic acids is 1. The van der Waals surface area contributed by atoms with Crippen LogP contribution in [-0.4, -0.2) is 23.5 Å². The average molecular weight is 247 g/mol. The molecule has 1 amide bonds. The molecule has 1 unspecified atom stereocenters. The van der Waals surface area contributed by atoms with Crippen LogP contribution in [-0.2, 0) is 9.59 Å². The first-order valence-corrected chi connectivity index (χ1v) is 5.75. The molecule has 0 aliphatic rings. The topological polar surface area (TPSA) is 66.4 Å². The molecule has 1 aromatic rings. The Morgan fingerprint density at radius 1 is 1.39 bits per heavy atom. The zero-order valence-corrected chi connectivity index (χ0v) is 10.5. The summed E-state index contributed by atoms with van der Waals surface area (Å²) in [6.07, 6.45) is 3.13. The van der Waals surface area contributed by atoms with Crippen molar-refractivity contribution >= 4 is 18.0 Å². The molecule has 18 heavy (non-hydrogen) atoms. The summed E-state index contributed by atoms with van der Waals surface area (Å²) in [6, 6.07) is 7.71. The van der Waals surface area contributed by atoms with Gasteiger partial charge in [0.1, 0.15) is 0 Å². The van der Waals surface area contributed by atoms with Gasteiger partial charge in [0.05, 0.1) is 5.92 Å². The fourth-order valence-corrected chi connectivity index (χ4v) is 1.34. The summed E-state index contributed by atoms with van der Waals surface area (Å²) in [5.74, 6) is -1.79. The molecule has 1 rings (SSSR count). The van der Waals surface area contributed by atoms with Crippen molar-refractivity contribution in [2.45, 2.75) is 13.8 Å². The van der Waals surface area contributed by atoms with E-state index in [4.69, 9.17) is 5.11 Å². The van der Waals surface area contributed by atoms with Gasteiger partial charge in [0.2, 0.25) is 5.91 Å². The maximum atomic E-state index is 11.5. The first kappa shape index (κ1) is 14.0. The lowest BCUT2D eigenvalue weighted by molar-refractivity contribution is -0.141. The van der Waals surface area contributed by atoms with E-state index >= 15 is 0 Å². The highest BCUT2D eigenvalue weighted by molar-refractivity contribution is 5.92. The van der Waals surface area contributed by atoms with Gasteiger partial charge in [-0.15, -0.1) is 0 Å². The molecule has 0 spiro atoms. The minimum absolute atomic E-state index is 0.131. The summed E-state index contributed by atoms with van der Waals surface area (Å²) in [7, 11) is 0. The van der Waals surface area contributed by atoms with E-state index in [9.17, 15) is 9.59 Å². The highest BCUT2D eigenvalue weighted by Crippen LogP contribution is 2.08. The predicted molar refractivity (Wildman–Crippen MR) is 70.0 cm³/mol. The number of carboxylic acid groups (broad SMARTS) is 1. The smallest absolute Gasteiger partial charge is 0.308 e.